The zero-order chi connectivity index (χ0) is 27.4. The number of anilines is 1. The number of sulfonamides is 1. The van der Waals surface area contributed by atoms with Gasteiger partial charge in [0.05, 0.1) is 4.90 Å². The SMILES string of the molecule is N=C(N)c1cccc(CN(CC(F)(F)F)C(=O)C(=O)Nc2ccc(-c3ccccc3S(N)(=O)=O)cc2)c1. The number of nitrogens with two attached hydrogens (primary N) is 2. The van der Waals surface area contributed by atoms with Crippen molar-refractivity contribution in [3.05, 3.63) is 83.9 Å². The third-order valence-electron chi connectivity index (χ3n) is 5.11. The zero-order valence-corrected chi connectivity index (χ0v) is 19.9. The Hall–Kier alpha value is -4.23. The number of amidine groups is 1. The monoisotopic (exact) mass is 533 g/mol. The van der Waals surface area contributed by atoms with Crippen molar-refractivity contribution in [2.75, 3.05) is 11.9 Å². The highest BCUT2D eigenvalue weighted by atomic mass is 32.2. The Morgan fingerprint density at radius 2 is 1.62 bits per heavy atom. The second-order valence-corrected chi connectivity index (χ2v) is 9.49. The molecule has 194 valence electrons. The van der Waals surface area contributed by atoms with Gasteiger partial charge in [-0.3, -0.25) is 15.0 Å². The van der Waals surface area contributed by atoms with Crippen LogP contribution in [0.15, 0.2) is 77.7 Å². The number of carbonyl (C=O) groups excluding carboxylic acids is 2. The Labute approximate surface area is 210 Å². The Bertz CT molecular complexity index is 1440. The maximum absolute atomic E-state index is 13.2. The van der Waals surface area contributed by atoms with Gasteiger partial charge in [0.25, 0.3) is 0 Å². The summed E-state index contributed by atoms with van der Waals surface area (Å²) in [5.41, 5.74) is 6.76. The van der Waals surface area contributed by atoms with E-state index in [2.05, 4.69) is 5.32 Å². The molecule has 0 aliphatic rings. The molecule has 0 aliphatic carbocycles. The average Bonchev–Trinajstić information content (AvgIpc) is 2.82. The molecule has 0 aliphatic heterocycles. The van der Waals surface area contributed by atoms with Crippen LogP contribution in [0.25, 0.3) is 11.1 Å². The van der Waals surface area contributed by atoms with E-state index in [1.54, 1.807) is 6.07 Å². The Kier molecular flexibility index (Phi) is 7.99. The quantitative estimate of drug-likeness (QED) is 0.208. The number of alkyl halides is 3. The van der Waals surface area contributed by atoms with Crippen LogP contribution in [0.4, 0.5) is 18.9 Å². The van der Waals surface area contributed by atoms with Gasteiger partial charge in [-0.1, -0.05) is 48.5 Å². The van der Waals surface area contributed by atoms with E-state index in [1.165, 1.54) is 66.7 Å². The lowest BCUT2D eigenvalue weighted by molar-refractivity contribution is -0.164. The average molecular weight is 534 g/mol. The van der Waals surface area contributed by atoms with E-state index in [4.69, 9.17) is 16.3 Å². The molecule has 9 nitrogen and oxygen atoms in total. The normalized spacial score (nSPS) is 11.6. The Morgan fingerprint density at radius 1 is 0.973 bits per heavy atom. The zero-order valence-electron chi connectivity index (χ0n) is 19.1. The second kappa shape index (κ2) is 10.8. The molecule has 2 amide bonds. The van der Waals surface area contributed by atoms with Crippen LogP contribution in [0, 0.1) is 5.41 Å². The van der Waals surface area contributed by atoms with Gasteiger partial charge in [-0.2, -0.15) is 13.2 Å². The van der Waals surface area contributed by atoms with Crippen LogP contribution in [0.3, 0.4) is 0 Å². The molecule has 3 rings (SSSR count). The summed E-state index contributed by atoms with van der Waals surface area (Å²) in [5, 5.41) is 15.0. The van der Waals surface area contributed by atoms with Gasteiger partial charge in [0.15, 0.2) is 0 Å². The Balaban J connectivity index is 1.79. The van der Waals surface area contributed by atoms with Gasteiger partial charge in [-0.05, 0) is 35.4 Å². The molecule has 0 saturated carbocycles. The summed E-state index contributed by atoms with van der Waals surface area (Å²) >= 11 is 0. The number of primary sulfonamides is 1. The smallest absolute Gasteiger partial charge is 0.384 e. The van der Waals surface area contributed by atoms with Gasteiger partial charge in [-0.15, -0.1) is 0 Å². The fourth-order valence-corrected chi connectivity index (χ4v) is 4.25. The maximum atomic E-state index is 13.2. The van der Waals surface area contributed by atoms with Crippen LogP contribution in [0.1, 0.15) is 11.1 Å². The van der Waals surface area contributed by atoms with Crippen molar-refractivity contribution in [1.29, 1.82) is 5.41 Å². The van der Waals surface area contributed by atoms with Gasteiger partial charge in [0.1, 0.15) is 12.4 Å². The van der Waals surface area contributed by atoms with Crippen LogP contribution in [0.5, 0.6) is 0 Å². The van der Waals surface area contributed by atoms with Crippen LogP contribution in [0.2, 0.25) is 0 Å². The summed E-state index contributed by atoms with van der Waals surface area (Å²) in [6.07, 6.45) is -4.77. The van der Waals surface area contributed by atoms with Crippen molar-refractivity contribution in [1.82, 2.24) is 4.90 Å². The number of nitrogens with zero attached hydrogens (tertiary/aromatic N) is 1. The molecule has 3 aromatic rings. The Morgan fingerprint density at radius 3 is 2.22 bits per heavy atom. The van der Waals surface area contributed by atoms with Crippen molar-refractivity contribution in [3.8, 4) is 11.1 Å². The number of carbonyl (C=O) groups is 2. The van der Waals surface area contributed by atoms with Gasteiger partial charge in [0, 0.05) is 23.4 Å². The van der Waals surface area contributed by atoms with Gasteiger partial charge < -0.3 is 16.0 Å². The van der Waals surface area contributed by atoms with E-state index in [0.717, 1.165) is 0 Å². The van der Waals surface area contributed by atoms with E-state index in [9.17, 15) is 31.2 Å². The number of nitrogen functional groups attached to an aromatic ring is 1. The molecule has 0 radical (unpaired) electrons. The highest BCUT2D eigenvalue weighted by molar-refractivity contribution is 7.89. The minimum absolute atomic E-state index is 0.0979. The molecule has 6 N–H and O–H groups in total. The summed E-state index contributed by atoms with van der Waals surface area (Å²) in [6, 6.07) is 17.4. The van der Waals surface area contributed by atoms with E-state index >= 15 is 0 Å². The third-order valence-corrected chi connectivity index (χ3v) is 6.08. The molecule has 0 fully saturated rings. The number of hydrogen-bond donors (Lipinski definition) is 4. The fourth-order valence-electron chi connectivity index (χ4n) is 3.49. The van der Waals surface area contributed by atoms with Crippen LogP contribution in [-0.4, -0.2) is 43.7 Å². The minimum Gasteiger partial charge on any atom is -0.384 e. The summed E-state index contributed by atoms with van der Waals surface area (Å²) in [4.78, 5) is 25.4. The summed E-state index contributed by atoms with van der Waals surface area (Å²) < 4.78 is 63.2. The molecule has 0 bridgehead atoms. The molecule has 0 aromatic heterocycles. The first kappa shape index (κ1) is 27.4. The number of halogens is 3. The van der Waals surface area contributed by atoms with Crippen molar-refractivity contribution in [2.45, 2.75) is 17.6 Å². The molecule has 0 unspecified atom stereocenters. The molecule has 37 heavy (non-hydrogen) atoms. The topological polar surface area (TPSA) is 159 Å². The second-order valence-electron chi connectivity index (χ2n) is 7.96. The molecular weight excluding hydrogens is 511 g/mol. The van der Waals surface area contributed by atoms with Crippen LogP contribution in [-0.2, 0) is 26.2 Å². The van der Waals surface area contributed by atoms with Crippen molar-refractivity contribution < 1.29 is 31.2 Å². The van der Waals surface area contributed by atoms with E-state index < -0.39 is 41.1 Å². The third kappa shape index (κ3) is 7.38. The first-order chi connectivity index (χ1) is 17.2. The molecule has 0 heterocycles. The predicted molar refractivity (Wildman–Crippen MR) is 131 cm³/mol. The number of amides is 2. The fraction of sp³-hybridized carbons (Fsp3) is 0.125. The van der Waals surface area contributed by atoms with Crippen molar-refractivity contribution in [2.24, 2.45) is 10.9 Å². The van der Waals surface area contributed by atoms with E-state index in [1.807, 2.05) is 0 Å². The first-order valence-corrected chi connectivity index (χ1v) is 12.1. The molecular formula is C24H22F3N5O4S. The largest absolute Gasteiger partial charge is 0.406 e. The lowest BCUT2D eigenvalue weighted by atomic mass is 10.1. The highest BCUT2D eigenvalue weighted by Crippen LogP contribution is 2.27. The molecule has 0 spiro atoms. The number of rotatable bonds is 7. The highest BCUT2D eigenvalue weighted by Gasteiger charge is 2.35. The molecule has 0 saturated heterocycles. The molecule has 3 aromatic carbocycles. The number of nitrogens with one attached hydrogen (secondary N) is 2. The van der Waals surface area contributed by atoms with E-state index in [-0.39, 0.29) is 27.5 Å². The van der Waals surface area contributed by atoms with Crippen LogP contribution >= 0.6 is 0 Å². The summed E-state index contributed by atoms with van der Waals surface area (Å²) in [5.74, 6) is -3.03. The lowest BCUT2D eigenvalue weighted by Gasteiger charge is -2.23. The van der Waals surface area contributed by atoms with Crippen LogP contribution < -0.4 is 16.2 Å². The molecule has 0 atom stereocenters. The van der Waals surface area contributed by atoms with Crippen molar-refractivity contribution >= 4 is 33.4 Å². The minimum atomic E-state index is -4.77. The standard InChI is InChI=1S/C24H22F3N5O4S/c25-24(26,27)14-32(13-15-4-3-5-17(12-15)21(28)29)23(34)22(33)31-18-10-8-16(9-11-18)19-6-1-2-7-20(19)37(30,35)36/h1-12H,13-14H2,(H3,28,29)(H,31,33)(H2,30,35,36). The molecule has 13 heteroatoms. The van der Waals surface area contributed by atoms with E-state index in [0.29, 0.717) is 16.0 Å². The predicted octanol–water partition coefficient (Wildman–Crippen LogP) is 2.81. The summed E-state index contributed by atoms with van der Waals surface area (Å²) in [7, 11) is -4.01. The number of hydrogen-bond acceptors (Lipinski definition) is 5. The van der Waals surface area contributed by atoms with Gasteiger partial charge >= 0.3 is 18.0 Å². The maximum Gasteiger partial charge on any atom is 0.406 e. The first-order valence-electron chi connectivity index (χ1n) is 10.6. The summed E-state index contributed by atoms with van der Waals surface area (Å²) in [6.45, 7) is -2.22. The van der Waals surface area contributed by atoms with Gasteiger partial charge in [-0.25, -0.2) is 13.6 Å². The van der Waals surface area contributed by atoms with Gasteiger partial charge in [0.2, 0.25) is 10.0 Å². The lowest BCUT2D eigenvalue weighted by Crippen LogP contribution is -2.44. The van der Waals surface area contributed by atoms with Crippen molar-refractivity contribution in [3.63, 3.8) is 0 Å². The number of benzene rings is 3.